The molecule has 0 fully saturated rings. The van der Waals surface area contributed by atoms with Crippen LogP contribution in [0.4, 0.5) is 17.6 Å². The number of nitrogens with one attached hydrogen (secondary N) is 2. The lowest BCUT2D eigenvalue weighted by Gasteiger charge is -2.26. The van der Waals surface area contributed by atoms with Crippen molar-refractivity contribution in [1.82, 2.24) is 35.1 Å². The Bertz CT molecular complexity index is 1650. The van der Waals surface area contributed by atoms with Gasteiger partial charge in [-0.3, -0.25) is 9.59 Å². The number of nitrogens with zero attached hydrogens (tertiary/aromatic N) is 7. The third-order valence-corrected chi connectivity index (χ3v) is 7.17. The molecule has 0 radical (unpaired) electrons. The zero-order chi connectivity index (χ0) is 30.0. The standard InChI is InChI=1S/C29H30ClN9O3/c1-16(27(41)35-23(15-40)22-6-5-7-25(34-22)38(3)4)39-14-19-9-8-18(12-20(19)28(39)42)26-21(30)13-32-29(37-26)36-24-10-11-31-17(2)33-24/h5-13,16,23,40H,14-15H2,1-4H3,(H,35,41)(H,31,32,33,36,37). The van der Waals surface area contributed by atoms with E-state index < -0.39 is 18.0 Å². The van der Waals surface area contributed by atoms with Crippen molar-refractivity contribution in [3.05, 3.63) is 82.5 Å². The largest absolute Gasteiger partial charge is 0.394 e. The third kappa shape index (κ3) is 5.99. The van der Waals surface area contributed by atoms with E-state index in [4.69, 9.17) is 11.6 Å². The Morgan fingerprint density at radius 1 is 1.14 bits per heavy atom. The highest BCUT2D eigenvalue weighted by atomic mass is 35.5. The number of carbonyl (C=O) groups excluding carboxylic acids is 2. The molecule has 0 spiro atoms. The number of amides is 2. The fourth-order valence-electron chi connectivity index (χ4n) is 4.58. The van der Waals surface area contributed by atoms with Gasteiger partial charge >= 0.3 is 0 Å². The lowest BCUT2D eigenvalue weighted by atomic mass is 10.0. The topological polar surface area (TPSA) is 149 Å². The van der Waals surface area contributed by atoms with E-state index in [1.165, 1.54) is 11.1 Å². The number of aliphatic hydroxyl groups is 1. The van der Waals surface area contributed by atoms with E-state index in [1.54, 1.807) is 38.2 Å². The quantitative estimate of drug-likeness (QED) is 0.266. The Morgan fingerprint density at radius 3 is 2.69 bits per heavy atom. The van der Waals surface area contributed by atoms with Gasteiger partial charge in [0, 0.05) is 38.0 Å². The number of halogens is 1. The Kier molecular flexibility index (Phi) is 8.27. The molecule has 4 aromatic rings. The van der Waals surface area contributed by atoms with E-state index in [-0.39, 0.29) is 25.0 Å². The summed E-state index contributed by atoms with van der Waals surface area (Å²) in [5.41, 5.74) is 2.83. The second-order valence-electron chi connectivity index (χ2n) is 10.0. The predicted molar refractivity (Wildman–Crippen MR) is 158 cm³/mol. The van der Waals surface area contributed by atoms with Crippen molar-refractivity contribution in [1.29, 1.82) is 0 Å². The number of pyridine rings is 1. The minimum Gasteiger partial charge on any atom is -0.394 e. The van der Waals surface area contributed by atoms with Crippen LogP contribution < -0.4 is 15.5 Å². The summed E-state index contributed by atoms with van der Waals surface area (Å²) in [7, 11) is 3.72. The van der Waals surface area contributed by atoms with Gasteiger partial charge in [0.2, 0.25) is 11.9 Å². The van der Waals surface area contributed by atoms with Crippen molar-refractivity contribution in [2.45, 2.75) is 32.5 Å². The van der Waals surface area contributed by atoms with Crippen molar-refractivity contribution in [2.24, 2.45) is 0 Å². The summed E-state index contributed by atoms with van der Waals surface area (Å²) in [6, 6.07) is 11.0. The van der Waals surface area contributed by atoms with Crippen LogP contribution in [0.5, 0.6) is 0 Å². The highest BCUT2D eigenvalue weighted by Gasteiger charge is 2.35. The highest BCUT2D eigenvalue weighted by Crippen LogP contribution is 2.32. The number of hydrogen-bond acceptors (Lipinski definition) is 10. The maximum absolute atomic E-state index is 13.5. The first-order chi connectivity index (χ1) is 20.1. The first kappa shape index (κ1) is 28.8. The molecule has 3 aromatic heterocycles. The Labute approximate surface area is 247 Å². The molecule has 12 nitrogen and oxygen atoms in total. The Hall–Kier alpha value is -4.68. The summed E-state index contributed by atoms with van der Waals surface area (Å²) in [6.45, 7) is 3.36. The predicted octanol–water partition coefficient (Wildman–Crippen LogP) is 3.29. The lowest BCUT2D eigenvalue weighted by molar-refractivity contribution is -0.126. The van der Waals surface area contributed by atoms with Crippen LogP contribution in [0.25, 0.3) is 11.3 Å². The average Bonchev–Trinajstić information content (AvgIpc) is 3.31. The van der Waals surface area contributed by atoms with E-state index in [1.807, 2.05) is 43.3 Å². The van der Waals surface area contributed by atoms with Crippen LogP contribution in [0.1, 0.15) is 40.4 Å². The van der Waals surface area contributed by atoms with Gasteiger partial charge in [0.25, 0.3) is 5.91 Å². The second-order valence-corrected chi connectivity index (χ2v) is 10.5. The van der Waals surface area contributed by atoms with Crippen LogP contribution in [0.15, 0.2) is 54.9 Å². The summed E-state index contributed by atoms with van der Waals surface area (Å²) < 4.78 is 0. The van der Waals surface area contributed by atoms with E-state index in [0.29, 0.717) is 45.0 Å². The number of hydrogen-bond donors (Lipinski definition) is 3. The Morgan fingerprint density at radius 2 is 1.95 bits per heavy atom. The minimum absolute atomic E-state index is 0.262. The van der Waals surface area contributed by atoms with Gasteiger partial charge in [-0.15, -0.1) is 0 Å². The second kappa shape index (κ2) is 12.0. The average molecular weight is 588 g/mol. The van der Waals surface area contributed by atoms with Crippen molar-refractivity contribution >= 4 is 41.0 Å². The molecule has 0 aliphatic carbocycles. The van der Waals surface area contributed by atoms with Gasteiger partial charge in [-0.1, -0.05) is 29.8 Å². The maximum atomic E-state index is 13.5. The van der Waals surface area contributed by atoms with E-state index >= 15 is 0 Å². The summed E-state index contributed by atoms with van der Waals surface area (Å²) in [5.74, 6) is 1.43. The zero-order valence-corrected chi connectivity index (χ0v) is 24.3. The van der Waals surface area contributed by atoms with Crippen molar-refractivity contribution in [2.75, 3.05) is 30.9 Å². The van der Waals surface area contributed by atoms with E-state index in [9.17, 15) is 14.7 Å². The highest BCUT2D eigenvalue weighted by molar-refractivity contribution is 6.33. The number of fused-ring (bicyclic) bond motifs is 1. The molecular formula is C29H30ClN9O3. The fraction of sp³-hybridized carbons (Fsp3) is 0.276. The van der Waals surface area contributed by atoms with Crippen LogP contribution in [0.3, 0.4) is 0 Å². The van der Waals surface area contributed by atoms with Gasteiger partial charge in [-0.2, -0.15) is 0 Å². The van der Waals surface area contributed by atoms with Gasteiger partial charge in [-0.05, 0) is 43.7 Å². The molecule has 0 bridgehead atoms. The molecule has 2 atom stereocenters. The van der Waals surface area contributed by atoms with Crippen LogP contribution in [-0.2, 0) is 11.3 Å². The van der Waals surface area contributed by atoms with Crippen molar-refractivity contribution in [3.63, 3.8) is 0 Å². The number of carbonyl (C=O) groups is 2. The molecule has 42 heavy (non-hydrogen) atoms. The molecule has 3 N–H and O–H groups in total. The summed E-state index contributed by atoms with van der Waals surface area (Å²) in [6.07, 6.45) is 3.11. The summed E-state index contributed by atoms with van der Waals surface area (Å²) in [5, 5.41) is 16.2. The van der Waals surface area contributed by atoms with E-state index in [0.717, 1.165) is 5.56 Å². The molecule has 5 rings (SSSR count). The normalized spacial score (nSPS) is 13.9. The number of anilines is 3. The molecule has 13 heteroatoms. The van der Waals surface area contributed by atoms with Gasteiger partial charge in [-0.25, -0.2) is 24.9 Å². The number of rotatable bonds is 9. The first-order valence-electron chi connectivity index (χ1n) is 13.2. The molecular weight excluding hydrogens is 558 g/mol. The smallest absolute Gasteiger partial charge is 0.255 e. The van der Waals surface area contributed by atoms with Crippen LogP contribution in [0, 0.1) is 6.92 Å². The minimum atomic E-state index is -0.797. The van der Waals surface area contributed by atoms with Crippen LogP contribution in [-0.4, -0.2) is 73.5 Å². The van der Waals surface area contributed by atoms with Gasteiger partial charge in [0.05, 0.1) is 35.3 Å². The summed E-state index contributed by atoms with van der Waals surface area (Å²) in [4.78, 5) is 51.7. The molecule has 0 saturated heterocycles. The van der Waals surface area contributed by atoms with Gasteiger partial charge in [0.15, 0.2) is 0 Å². The monoisotopic (exact) mass is 587 g/mol. The lowest BCUT2D eigenvalue weighted by Crippen LogP contribution is -2.47. The van der Waals surface area contributed by atoms with Crippen molar-refractivity contribution < 1.29 is 14.7 Å². The van der Waals surface area contributed by atoms with Gasteiger partial charge in [0.1, 0.15) is 23.5 Å². The van der Waals surface area contributed by atoms with Crippen LogP contribution in [0.2, 0.25) is 5.02 Å². The molecule has 1 aromatic carbocycles. The maximum Gasteiger partial charge on any atom is 0.255 e. The third-order valence-electron chi connectivity index (χ3n) is 6.89. The fourth-order valence-corrected chi connectivity index (χ4v) is 4.78. The Balaban J connectivity index is 1.32. The van der Waals surface area contributed by atoms with Crippen molar-refractivity contribution in [3.8, 4) is 11.3 Å². The summed E-state index contributed by atoms with van der Waals surface area (Å²) >= 11 is 6.45. The first-order valence-corrected chi connectivity index (χ1v) is 13.6. The zero-order valence-electron chi connectivity index (χ0n) is 23.5. The SMILES string of the molecule is Cc1nccc(Nc2ncc(Cl)c(-c3ccc4c(c3)C(=O)N(C(C)C(=O)NC(CO)c3cccc(N(C)C)n3)C4)n2)n1. The van der Waals surface area contributed by atoms with Gasteiger partial charge < -0.3 is 25.5 Å². The van der Waals surface area contributed by atoms with E-state index in [2.05, 4.69) is 35.6 Å². The molecule has 4 heterocycles. The molecule has 1 aliphatic rings. The molecule has 216 valence electrons. The number of benzene rings is 1. The molecule has 2 unspecified atom stereocenters. The molecule has 1 aliphatic heterocycles. The number of aryl methyl sites for hydroxylation is 1. The molecule has 2 amide bonds. The number of aromatic nitrogens is 5. The molecule has 0 saturated carbocycles. The number of aliphatic hydroxyl groups excluding tert-OH is 1. The van der Waals surface area contributed by atoms with Crippen LogP contribution >= 0.6 is 11.6 Å².